The van der Waals surface area contributed by atoms with E-state index in [1.54, 1.807) is 0 Å². The molecule has 1 heterocycles. The molecule has 0 aromatic carbocycles. The summed E-state index contributed by atoms with van der Waals surface area (Å²) in [4.78, 5) is 30.0. The van der Waals surface area contributed by atoms with E-state index in [1.165, 1.54) is 0 Å². The highest BCUT2D eigenvalue weighted by molar-refractivity contribution is 5.92. The van der Waals surface area contributed by atoms with E-state index >= 15 is 0 Å². The number of aromatic nitrogens is 2. The summed E-state index contributed by atoms with van der Waals surface area (Å²) in [5, 5.41) is 11.4. The lowest BCUT2D eigenvalue weighted by Gasteiger charge is -2.32. The van der Waals surface area contributed by atoms with Gasteiger partial charge in [-0.1, -0.05) is 0 Å². The van der Waals surface area contributed by atoms with Gasteiger partial charge in [-0.3, -0.25) is 9.59 Å². The standard InChI is InChI=1S/C13H16F3N3O3/c1-12(2,11(22)13(14,15)16)19-10(21)7-5-8(20)18-9(17-7)6-3-4-6/h5-6,11,22H,3-4H2,1-2H3,(H,19,21)(H,17,18,20)/t11-/m0/s1. The molecule has 1 saturated carbocycles. The second-order valence-corrected chi connectivity index (χ2v) is 5.91. The third-order valence-electron chi connectivity index (χ3n) is 3.39. The van der Waals surface area contributed by atoms with Gasteiger partial charge >= 0.3 is 6.18 Å². The van der Waals surface area contributed by atoms with E-state index in [-0.39, 0.29) is 11.6 Å². The SMILES string of the molecule is CC(C)(NC(=O)c1cc(=O)[nH]c(C2CC2)n1)[C@H](O)C(F)(F)F. The normalized spacial score (nSPS) is 17.2. The Kier molecular flexibility index (Phi) is 4.03. The summed E-state index contributed by atoms with van der Waals surface area (Å²) in [6, 6.07) is 0.914. The maximum absolute atomic E-state index is 12.6. The topological polar surface area (TPSA) is 95.1 Å². The van der Waals surface area contributed by atoms with Crippen LogP contribution < -0.4 is 10.9 Å². The van der Waals surface area contributed by atoms with Crippen LogP contribution in [-0.2, 0) is 0 Å². The summed E-state index contributed by atoms with van der Waals surface area (Å²) in [6.07, 6.45) is -5.94. The van der Waals surface area contributed by atoms with Crippen LogP contribution in [0.4, 0.5) is 13.2 Å². The van der Waals surface area contributed by atoms with Crippen molar-refractivity contribution in [3.8, 4) is 0 Å². The van der Waals surface area contributed by atoms with E-state index < -0.39 is 29.3 Å². The monoisotopic (exact) mass is 319 g/mol. The summed E-state index contributed by atoms with van der Waals surface area (Å²) in [5.41, 5.74) is -2.77. The van der Waals surface area contributed by atoms with Gasteiger partial charge in [0.25, 0.3) is 11.5 Å². The molecule has 122 valence electrons. The van der Waals surface area contributed by atoms with Crippen molar-refractivity contribution in [2.45, 2.75) is 50.4 Å². The number of amides is 1. The predicted molar refractivity (Wildman–Crippen MR) is 70.4 cm³/mol. The Bertz CT molecular complexity index is 635. The molecule has 0 bridgehead atoms. The zero-order valence-corrected chi connectivity index (χ0v) is 12.0. The minimum atomic E-state index is -4.88. The van der Waals surface area contributed by atoms with E-state index in [9.17, 15) is 27.9 Å². The number of carbonyl (C=O) groups excluding carboxylic acids is 1. The molecule has 2 rings (SSSR count). The lowest BCUT2D eigenvalue weighted by molar-refractivity contribution is -0.222. The third kappa shape index (κ3) is 3.65. The van der Waals surface area contributed by atoms with Crippen LogP contribution in [0.3, 0.4) is 0 Å². The van der Waals surface area contributed by atoms with Gasteiger partial charge in [0.2, 0.25) is 0 Å². The molecule has 1 aliphatic carbocycles. The molecular formula is C13H16F3N3O3. The summed E-state index contributed by atoms with van der Waals surface area (Å²) < 4.78 is 37.7. The quantitative estimate of drug-likeness (QED) is 0.774. The van der Waals surface area contributed by atoms with Crippen LogP contribution in [0.5, 0.6) is 0 Å². The molecule has 9 heteroatoms. The van der Waals surface area contributed by atoms with Crippen LogP contribution in [0.2, 0.25) is 0 Å². The van der Waals surface area contributed by atoms with Crippen molar-refractivity contribution in [2.24, 2.45) is 0 Å². The van der Waals surface area contributed by atoms with Gasteiger partial charge in [-0.15, -0.1) is 0 Å². The highest BCUT2D eigenvalue weighted by Crippen LogP contribution is 2.37. The molecule has 0 radical (unpaired) electrons. The Hall–Kier alpha value is -1.90. The number of alkyl halides is 3. The van der Waals surface area contributed by atoms with E-state index in [0.717, 1.165) is 32.8 Å². The van der Waals surface area contributed by atoms with Crippen molar-refractivity contribution in [1.29, 1.82) is 0 Å². The lowest BCUT2D eigenvalue weighted by atomic mass is 9.96. The van der Waals surface area contributed by atoms with Crippen LogP contribution >= 0.6 is 0 Å². The van der Waals surface area contributed by atoms with Gasteiger partial charge in [-0.05, 0) is 26.7 Å². The molecule has 0 saturated heterocycles. The summed E-state index contributed by atoms with van der Waals surface area (Å²) in [7, 11) is 0. The van der Waals surface area contributed by atoms with E-state index in [2.05, 4.69) is 15.3 Å². The molecule has 1 aromatic rings. The number of H-pyrrole nitrogens is 1. The van der Waals surface area contributed by atoms with E-state index in [0.29, 0.717) is 5.82 Å². The Morgan fingerprint density at radius 3 is 2.55 bits per heavy atom. The molecule has 1 atom stereocenters. The van der Waals surface area contributed by atoms with Crippen LogP contribution in [0.1, 0.15) is 48.9 Å². The first-order valence-electron chi connectivity index (χ1n) is 6.69. The molecule has 22 heavy (non-hydrogen) atoms. The second-order valence-electron chi connectivity index (χ2n) is 5.91. The number of halogens is 3. The summed E-state index contributed by atoms with van der Waals surface area (Å²) in [5.74, 6) is -0.512. The lowest BCUT2D eigenvalue weighted by Crippen LogP contribution is -2.57. The smallest absolute Gasteiger partial charge is 0.382 e. The van der Waals surface area contributed by atoms with Gasteiger partial charge in [0.1, 0.15) is 11.5 Å². The van der Waals surface area contributed by atoms with Crippen molar-refractivity contribution in [2.75, 3.05) is 0 Å². The van der Waals surface area contributed by atoms with Gasteiger partial charge in [0.15, 0.2) is 6.10 Å². The Balaban J connectivity index is 2.20. The average molecular weight is 319 g/mol. The molecule has 1 aromatic heterocycles. The molecule has 1 fully saturated rings. The number of aliphatic hydroxyl groups is 1. The molecule has 1 amide bonds. The fourth-order valence-corrected chi connectivity index (χ4v) is 1.98. The zero-order chi connectivity index (χ0) is 16.7. The highest BCUT2D eigenvalue weighted by atomic mass is 19.4. The Morgan fingerprint density at radius 1 is 1.45 bits per heavy atom. The minimum absolute atomic E-state index is 0.0780. The molecule has 3 N–H and O–H groups in total. The molecule has 0 spiro atoms. The Morgan fingerprint density at radius 2 is 2.05 bits per heavy atom. The van der Waals surface area contributed by atoms with Crippen molar-refractivity contribution in [3.63, 3.8) is 0 Å². The maximum atomic E-state index is 12.6. The molecule has 0 unspecified atom stereocenters. The number of nitrogens with one attached hydrogen (secondary N) is 2. The first kappa shape index (κ1) is 16.5. The predicted octanol–water partition coefficient (Wildman–Crippen LogP) is 1.08. The van der Waals surface area contributed by atoms with Crippen molar-refractivity contribution >= 4 is 5.91 Å². The molecular weight excluding hydrogens is 303 g/mol. The number of hydrogen-bond acceptors (Lipinski definition) is 4. The van der Waals surface area contributed by atoms with E-state index in [4.69, 9.17) is 0 Å². The van der Waals surface area contributed by atoms with Gasteiger partial charge in [0, 0.05) is 12.0 Å². The molecule has 6 nitrogen and oxygen atoms in total. The number of nitrogens with zero attached hydrogens (tertiary/aromatic N) is 1. The van der Waals surface area contributed by atoms with Crippen LogP contribution in [0.25, 0.3) is 0 Å². The van der Waals surface area contributed by atoms with Crippen LogP contribution in [0, 0.1) is 0 Å². The summed E-state index contributed by atoms with van der Waals surface area (Å²) in [6.45, 7) is 2.08. The number of aliphatic hydroxyl groups excluding tert-OH is 1. The maximum Gasteiger partial charge on any atom is 0.416 e. The van der Waals surface area contributed by atoms with Gasteiger partial charge in [-0.25, -0.2) is 4.98 Å². The summed E-state index contributed by atoms with van der Waals surface area (Å²) >= 11 is 0. The van der Waals surface area contributed by atoms with Crippen molar-refractivity contribution in [1.82, 2.24) is 15.3 Å². The zero-order valence-electron chi connectivity index (χ0n) is 12.0. The van der Waals surface area contributed by atoms with Gasteiger partial charge < -0.3 is 15.4 Å². The van der Waals surface area contributed by atoms with E-state index in [1.807, 2.05) is 0 Å². The first-order chi connectivity index (χ1) is 10.0. The molecule has 0 aliphatic heterocycles. The first-order valence-corrected chi connectivity index (χ1v) is 6.69. The number of aromatic amines is 1. The van der Waals surface area contributed by atoms with Gasteiger partial charge in [0.05, 0.1) is 5.54 Å². The van der Waals surface area contributed by atoms with Crippen molar-refractivity contribution < 1.29 is 23.1 Å². The number of carbonyl (C=O) groups is 1. The number of hydrogen-bond donors (Lipinski definition) is 3. The third-order valence-corrected chi connectivity index (χ3v) is 3.39. The minimum Gasteiger partial charge on any atom is -0.382 e. The fraction of sp³-hybridized carbons (Fsp3) is 0.615. The number of rotatable bonds is 4. The van der Waals surface area contributed by atoms with Crippen molar-refractivity contribution in [3.05, 3.63) is 27.9 Å². The Labute approximate surface area is 123 Å². The fourth-order valence-electron chi connectivity index (χ4n) is 1.98. The largest absolute Gasteiger partial charge is 0.416 e. The average Bonchev–Trinajstić information content (AvgIpc) is 3.19. The van der Waals surface area contributed by atoms with Crippen LogP contribution in [-0.4, -0.2) is 38.8 Å². The van der Waals surface area contributed by atoms with Crippen LogP contribution in [0.15, 0.2) is 10.9 Å². The van der Waals surface area contributed by atoms with Gasteiger partial charge in [-0.2, -0.15) is 13.2 Å². The second kappa shape index (κ2) is 5.38. The molecule has 1 aliphatic rings. The highest BCUT2D eigenvalue weighted by Gasteiger charge is 2.48.